The van der Waals surface area contributed by atoms with E-state index in [2.05, 4.69) is 33.2 Å². The number of aromatic nitrogens is 4. The third-order valence-corrected chi connectivity index (χ3v) is 5.14. The van der Waals surface area contributed by atoms with Crippen molar-refractivity contribution in [2.24, 2.45) is 5.92 Å². The SMILES string of the molecule is CCc1cc(N2CCC(CNc3cccc(C)n3)C2)nc(-c2ccncc2)n1. The summed E-state index contributed by atoms with van der Waals surface area (Å²) in [6.45, 7) is 7.09. The molecule has 144 valence electrons. The molecule has 3 aromatic heterocycles. The predicted molar refractivity (Wildman–Crippen MR) is 112 cm³/mol. The molecule has 1 saturated heterocycles. The summed E-state index contributed by atoms with van der Waals surface area (Å²) in [4.78, 5) is 20.6. The first kappa shape index (κ1) is 18.3. The average molecular weight is 374 g/mol. The number of nitrogens with one attached hydrogen (secondary N) is 1. The van der Waals surface area contributed by atoms with E-state index in [9.17, 15) is 0 Å². The summed E-state index contributed by atoms with van der Waals surface area (Å²) >= 11 is 0. The van der Waals surface area contributed by atoms with Gasteiger partial charge in [-0.05, 0) is 49.9 Å². The molecule has 0 radical (unpaired) electrons. The molecule has 1 fully saturated rings. The first-order valence-corrected chi connectivity index (χ1v) is 9.92. The molecule has 4 heterocycles. The number of pyridine rings is 2. The van der Waals surface area contributed by atoms with Gasteiger partial charge in [0.25, 0.3) is 0 Å². The molecule has 28 heavy (non-hydrogen) atoms. The van der Waals surface area contributed by atoms with Crippen LogP contribution in [0.15, 0.2) is 48.8 Å². The summed E-state index contributed by atoms with van der Waals surface area (Å²) in [5.74, 6) is 3.33. The molecule has 0 bridgehead atoms. The van der Waals surface area contributed by atoms with Gasteiger partial charge < -0.3 is 10.2 Å². The van der Waals surface area contributed by atoms with Crippen molar-refractivity contribution in [2.75, 3.05) is 29.9 Å². The van der Waals surface area contributed by atoms with Crippen LogP contribution in [-0.2, 0) is 6.42 Å². The fraction of sp³-hybridized carbons (Fsp3) is 0.364. The Hall–Kier alpha value is -3.02. The normalized spacial score (nSPS) is 16.4. The first-order chi connectivity index (χ1) is 13.7. The minimum atomic E-state index is 0.576. The van der Waals surface area contributed by atoms with E-state index in [1.54, 1.807) is 12.4 Å². The monoisotopic (exact) mass is 374 g/mol. The van der Waals surface area contributed by atoms with Gasteiger partial charge in [-0.25, -0.2) is 15.0 Å². The number of hydrogen-bond acceptors (Lipinski definition) is 6. The highest BCUT2D eigenvalue weighted by molar-refractivity contribution is 5.57. The van der Waals surface area contributed by atoms with E-state index in [1.807, 2.05) is 37.3 Å². The lowest BCUT2D eigenvalue weighted by Gasteiger charge is -2.19. The molecular weight excluding hydrogens is 348 g/mol. The summed E-state index contributed by atoms with van der Waals surface area (Å²) in [6.07, 6.45) is 5.61. The third-order valence-electron chi connectivity index (χ3n) is 5.14. The summed E-state index contributed by atoms with van der Waals surface area (Å²) in [7, 11) is 0. The van der Waals surface area contributed by atoms with Crippen molar-refractivity contribution in [1.82, 2.24) is 19.9 Å². The van der Waals surface area contributed by atoms with Gasteiger partial charge in [-0.15, -0.1) is 0 Å². The largest absolute Gasteiger partial charge is 0.370 e. The van der Waals surface area contributed by atoms with E-state index in [0.29, 0.717) is 5.92 Å². The van der Waals surface area contributed by atoms with Crippen LogP contribution in [-0.4, -0.2) is 39.6 Å². The second-order valence-corrected chi connectivity index (χ2v) is 7.28. The smallest absolute Gasteiger partial charge is 0.161 e. The summed E-state index contributed by atoms with van der Waals surface area (Å²) in [6, 6.07) is 12.1. The van der Waals surface area contributed by atoms with Gasteiger partial charge in [-0.2, -0.15) is 0 Å². The summed E-state index contributed by atoms with van der Waals surface area (Å²) in [5.41, 5.74) is 3.12. The fourth-order valence-corrected chi connectivity index (χ4v) is 3.55. The lowest BCUT2D eigenvalue weighted by molar-refractivity contribution is 0.620. The van der Waals surface area contributed by atoms with Gasteiger partial charge in [0.2, 0.25) is 0 Å². The van der Waals surface area contributed by atoms with Crippen LogP contribution in [0.1, 0.15) is 24.7 Å². The molecule has 0 spiro atoms. The quantitative estimate of drug-likeness (QED) is 0.709. The molecule has 0 aliphatic carbocycles. The highest BCUT2D eigenvalue weighted by Gasteiger charge is 2.24. The minimum Gasteiger partial charge on any atom is -0.370 e. The van der Waals surface area contributed by atoms with Crippen molar-refractivity contribution in [2.45, 2.75) is 26.7 Å². The van der Waals surface area contributed by atoms with Crippen LogP contribution in [0.5, 0.6) is 0 Å². The van der Waals surface area contributed by atoms with Gasteiger partial charge in [0.15, 0.2) is 5.82 Å². The lowest BCUT2D eigenvalue weighted by atomic mass is 10.1. The van der Waals surface area contributed by atoms with Gasteiger partial charge in [-0.3, -0.25) is 4.98 Å². The van der Waals surface area contributed by atoms with Crippen LogP contribution < -0.4 is 10.2 Å². The van der Waals surface area contributed by atoms with Gasteiger partial charge in [-0.1, -0.05) is 13.0 Å². The molecule has 6 heteroatoms. The number of hydrogen-bond donors (Lipinski definition) is 1. The summed E-state index contributed by atoms with van der Waals surface area (Å²) in [5, 5.41) is 3.48. The number of aryl methyl sites for hydroxylation is 2. The number of rotatable bonds is 6. The fourth-order valence-electron chi connectivity index (χ4n) is 3.55. The van der Waals surface area contributed by atoms with Crippen molar-refractivity contribution >= 4 is 11.6 Å². The zero-order chi connectivity index (χ0) is 19.3. The molecule has 1 unspecified atom stereocenters. The molecule has 1 aliphatic heterocycles. The molecule has 3 aromatic rings. The van der Waals surface area contributed by atoms with Crippen molar-refractivity contribution in [1.29, 1.82) is 0 Å². The maximum atomic E-state index is 4.85. The van der Waals surface area contributed by atoms with E-state index >= 15 is 0 Å². The topological polar surface area (TPSA) is 66.8 Å². The van der Waals surface area contributed by atoms with Crippen LogP contribution in [0.4, 0.5) is 11.6 Å². The van der Waals surface area contributed by atoms with E-state index < -0.39 is 0 Å². The second kappa shape index (κ2) is 8.33. The molecule has 0 amide bonds. The van der Waals surface area contributed by atoms with E-state index in [1.165, 1.54) is 0 Å². The molecule has 1 aliphatic rings. The van der Waals surface area contributed by atoms with Crippen molar-refractivity contribution in [3.63, 3.8) is 0 Å². The Bertz CT molecular complexity index is 927. The Morgan fingerprint density at radius 2 is 1.96 bits per heavy atom. The number of nitrogens with zero attached hydrogens (tertiary/aromatic N) is 5. The van der Waals surface area contributed by atoms with Crippen molar-refractivity contribution < 1.29 is 0 Å². The van der Waals surface area contributed by atoms with Gasteiger partial charge >= 0.3 is 0 Å². The molecule has 4 rings (SSSR count). The number of anilines is 2. The van der Waals surface area contributed by atoms with Crippen LogP contribution in [0, 0.1) is 12.8 Å². The average Bonchev–Trinajstić information content (AvgIpc) is 3.22. The Morgan fingerprint density at radius 1 is 1.11 bits per heavy atom. The Morgan fingerprint density at radius 3 is 2.75 bits per heavy atom. The first-order valence-electron chi connectivity index (χ1n) is 9.92. The lowest BCUT2D eigenvalue weighted by Crippen LogP contribution is -2.24. The molecule has 0 saturated carbocycles. The van der Waals surface area contributed by atoms with Gasteiger partial charge in [0.1, 0.15) is 11.6 Å². The van der Waals surface area contributed by atoms with E-state index in [0.717, 1.165) is 66.9 Å². The molecule has 6 nitrogen and oxygen atoms in total. The molecule has 1 N–H and O–H groups in total. The Balaban J connectivity index is 1.46. The van der Waals surface area contributed by atoms with Crippen LogP contribution >= 0.6 is 0 Å². The maximum Gasteiger partial charge on any atom is 0.161 e. The molecular formula is C22H26N6. The zero-order valence-corrected chi connectivity index (χ0v) is 16.5. The van der Waals surface area contributed by atoms with Crippen LogP contribution in [0.25, 0.3) is 11.4 Å². The summed E-state index contributed by atoms with van der Waals surface area (Å²) < 4.78 is 0. The van der Waals surface area contributed by atoms with Crippen LogP contribution in [0.2, 0.25) is 0 Å². The maximum absolute atomic E-state index is 4.85. The second-order valence-electron chi connectivity index (χ2n) is 7.28. The van der Waals surface area contributed by atoms with Crippen LogP contribution in [0.3, 0.4) is 0 Å². The molecule has 1 atom stereocenters. The Kier molecular flexibility index (Phi) is 5.46. The third kappa shape index (κ3) is 4.27. The zero-order valence-electron chi connectivity index (χ0n) is 16.5. The predicted octanol–water partition coefficient (Wildman–Crippen LogP) is 3.74. The van der Waals surface area contributed by atoms with E-state index in [4.69, 9.17) is 9.97 Å². The molecule has 0 aromatic carbocycles. The minimum absolute atomic E-state index is 0.576. The van der Waals surface area contributed by atoms with Crippen molar-refractivity contribution in [3.05, 3.63) is 60.2 Å². The highest BCUT2D eigenvalue weighted by Crippen LogP contribution is 2.25. The highest BCUT2D eigenvalue weighted by atomic mass is 15.2. The van der Waals surface area contributed by atoms with Gasteiger partial charge in [0.05, 0.1) is 0 Å². The van der Waals surface area contributed by atoms with E-state index in [-0.39, 0.29) is 0 Å². The standard InChI is InChI=1S/C22H26N6/c1-3-19-13-21(27-22(26-19)18-7-10-23-11-8-18)28-12-9-17(15-28)14-24-20-6-4-5-16(2)25-20/h4-8,10-11,13,17H,3,9,12,14-15H2,1-2H3,(H,24,25). The van der Waals surface area contributed by atoms with Crippen molar-refractivity contribution in [3.8, 4) is 11.4 Å². The van der Waals surface area contributed by atoms with Gasteiger partial charge in [0, 0.05) is 55.0 Å². The Labute approximate surface area is 166 Å².